The summed E-state index contributed by atoms with van der Waals surface area (Å²) in [5.74, 6) is 0.133. The summed E-state index contributed by atoms with van der Waals surface area (Å²) in [5.41, 5.74) is 9.65. The van der Waals surface area contributed by atoms with Crippen molar-refractivity contribution in [1.29, 1.82) is 0 Å². The number of rotatable bonds is 3. The van der Waals surface area contributed by atoms with Gasteiger partial charge in [0.2, 0.25) is 5.91 Å². The Labute approximate surface area is 109 Å². The summed E-state index contributed by atoms with van der Waals surface area (Å²) < 4.78 is 0. The van der Waals surface area contributed by atoms with Crippen LogP contribution in [-0.2, 0) is 17.6 Å². The zero-order valence-corrected chi connectivity index (χ0v) is 11.3. The van der Waals surface area contributed by atoms with E-state index in [1.807, 2.05) is 4.90 Å². The van der Waals surface area contributed by atoms with E-state index in [-0.39, 0.29) is 11.9 Å². The molecule has 3 heteroatoms. The standard InChI is InChI=1S/C15H22N2O/c1-3-14(16)10-12-6-7-15-13(9-12)5-4-8-17(15)11(2)18/h6-7,9,14H,3-5,8,10,16H2,1-2H3. The van der Waals surface area contributed by atoms with E-state index >= 15 is 0 Å². The molecule has 0 aliphatic carbocycles. The molecule has 1 aliphatic heterocycles. The molecule has 1 unspecified atom stereocenters. The van der Waals surface area contributed by atoms with Gasteiger partial charge in [-0.05, 0) is 42.9 Å². The predicted octanol–water partition coefficient (Wildman–Crippen LogP) is 2.27. The number of carbonyl (C=O) groups is 1. The average molecular weight is 246 g/mol. The number of hydrogen-bond donors (Lipinski definition) is 1. The molecule has 1 atom stereocenters. The first-order valence-electron chi connectivity index (χ1n) is 6.77. The minimum atomic E-state index is 0.133. The van der Waals surface area contributed by atoms with Crippen LogP contribution in [0.4, 0.5) is 5.69 Å². The Kier molecular flexibility index (Phi) is 4.02. The van der Waals surface area contributed by atoms with Crippen molar-refractivity contribution in [3.8, 4) is 0 Å². The summed E-state index contributed by atoms with van der Waals surface area (Å²) in [5, 5.41) is 0. The predicted molar refractivity (Wildman–Crippen MR) is 74.8 cm³/mol. The number of fused-ring (bicyclic) bond motifs is 1. The molecule has 0 bridgehead atoms. The van der Waals surface area contributed by atoms with Crippen molar-refractivity contribution in [2.45, 2.75) is 45.6 Å². The first-order valence-corrected chi connectivity index (χ1v) is 6.77. The first-order chi connectivity index (χ1) is 8.61. The molecule has 0 radical (unpaired) electrons. The van der Waals surface area contributed by atoms with E-state index < -0.39 is 0 Å². The second-order valence-corrected chi connectivity index (χ2v) is 5.11. The Balaban J connectivity index is 2.24. The molecular formula is C15H22N2O. The van der Waals surface area contributed by atoms with Crippen LogP contribution in [0.3, 0.4) is 0 Å². The molecule has 98 valence electrons. The SMILES string of the molecule is CCC(N)Cc1ccc2c(c1)CCCN2C(C)=O. The number of amides is 1. The maximum Gasteiger partial charge on any atom is 0.223 e. The molecule has 1 aliphatic rings. The van der Waals surface area contributed by atoms with Gasteiger partial charge in [0.1, 0.15) is 0 Å². The van der Waals surface area contributed by atoms with Crippen LogP contribution in [0, 0.1) is 0 Å². The third-order valence-electron chi connectivity index (χ3n) is 3.66. The van der Waals surface area contributed by atoms with Gasteiger partial charge in [0.05, 0.1) is 0 Å². The van der Waals surface area contributed by atoms with Crippen molar-refractivity contribution in [1.82, 2.24) is 0 Å². The van der Waals surface area contributed by atoms with Crippen molar-refractivity contribution in [3.05, 3.63) is 29.3 Å². The van der Waals surface area contributed by atoms with Gasteiger partial charge in [-0.1, -0.05) is 19.1 Å². The van der Waals surface area contributed by atoms with E-state index in [9.17, 15) is 4.79 Å². The summed E-state index contributed by atoms with van der Waals surface area (Å²) in [7, 11) is 0. The van der Waals surface area contributed by atoms with Crippen LogP contribution < -0.4 is 10.6 Å². The van der Waals surface area contributed by atoms with E-state index in [0.29, 0.717) is 0 Å². The van der Waals surface area contributed by atoms with Crippen LogP contribution in [0.15, 0.2) is 18.2 Å². The lowest BCUT2D eigenvalue weighted by atomic mass is 9.96. The summed E-state index contributed by atoms with van der Waals surface area (Å²) in [6.45, 7) is 4.59. The Hall–Kier alpha value is -1.35. The van der Waals surface area contributed by atoms with E-state index in [0.717, 1.165) is 37.9 Å². The zero-order valence-electron chi connectivity index (χ0n) is 11.3. The second-order valence-electron chi connectivity index (χ2n) is 5.11. The molecule has 0 aromatic heterocycles. The smallest absolute Gasteiger partial charge is 0.223 e. The zero-order chi connectivity index (χ0) is 13.1. The fourth-order valence-electron chi connectivity index (χ4n) is 2.55. The van der Waals surface area contributed by atoms with Crippen LogP contribution in [0.1, 0.15) is 37.8 Å². The lowest BCUT2D eigenvalue weighted by molar-refractivity contribution is -0.116. The Morgan fingerprint density at radius 2 is 2.28 bits per heavy atom. The van der Waals surface area contributed by atoms with Crippen LogP contribution in [-0.4, -0.2) is 18.5 Å². The molecule has 1 aromatic carbocycles. The summed E-state index contributed by atoms with van der Waals surface area (Å²) in [6, 6.07) is 6.64. The monoisotopic (exact) mass is 246 g/mol. The van der Waals surface area contributed by atoms with Crippen molar-refractivity contribution >= 4 is 11.6 Å². The highest BCUT2D eigenvalue weighted by atomic mass is 16.2. The number of anilines is 1. The Bertz CT molecular complexity index is 442. The van der Waals surface area contributed by atoms with Gasteiger partial charge < -0.3 is 10.6 Å². The van der Waals surface area contributed by atoms with E-state index in [4.69, 9.17) is 5.73 Å². The van der Waals surface area contributed by atoms with E-state index in [2.05, 4.69) is 25.1 Å². The van der Waals surface area contributed by atoms with Crippen molar-refractivity contribution in [2.24, 2.45) is 5.73 Å². The van der Waals surface area contributed by atoms with Gasteiger partial charge in [0.15, 0.2) is 0 Å². The van der Waals surface area contributed by atoms with E-state index in [1.165, 1.54) is 11.1 Å². The highest BCUT2D eigenvalue weighted by molar-refractivity contribution is 5.92. The lowest BCUT2D eigenvalue weighted by Crippen LogP contribution is -2.33. The lowest BCUT2D eigenvalue weighted by Gasteiger charge is -2.29. The van der Waals surface area contributed by atoms with Crippen LogP contribution in [0.25, 0.3) is 0 Å². The van der Waals surface area contributed by atoms with Gasteiger partial charge in [-0.25, -0.2) is 0 Å². The molecule has 1 amide bonds. The average Bonchev–Trinajstić information content (AvgIpc) is 2.37. The fraction of sp³-hybridized carbons (Fsp3) is 0.533. The third kappa shape index (κ3) is 2.72. The summed E-state index contributed by atoms with van der Waals surface area (Å²) >= 11 is 0. The van der Waals surface area contributed by atoms with Gasteiger partial charge in [0, 0.05) is 25.2 Å². The van der Waals surface area contributed by atoms with Crippen molar-refractivity contribution < 1.29 is 4.79 Å². The van der Waals surface area contributed by atoms with Crippen LogP contribution in [0.2, 0.25) is 0 Å². The van der Waals surface area contributed by atoms with Crippen molar-refractivity contribution in [3.63, 3.8) is 0 Å². The Morgan fingerprint density at radius 1 is 1.50 bits per heavy atom. The molecule has 1 heterocycles. The number of benzene rings is 1. The molecular weight excluding hydrogens is 224 g/mol. The van der Waals surface area contributed by atoms with Gasteiger partial charge >= 0.3 is 0 Å². The molecule has 2 N–H and O–H groups in total. The summed E-state index contributed by atoms with van der Waals surface area (Å²) in [4.78, 5) is 13.5. The van der Waals surface area contributed by atoms with Crippen LogP contribution in [0.5, 0.6) is 0 Å². The fourth-order valence-corrected chi connectivity index (χ4v) is 2.55. The van der Waals surface area contributed by atoms with Gasteiger partial charge in [0.25, 0.3) is 0 Å². The largest absolute Gasteiger partial charge is 0.327 e. The minimum Gasteiger partial charge on any atom is -0.327 e. The molecule has 3 nitrogen and oxygen atoms in total. The number of nitrogens with two attached hydrogens (primary N) is 1. The molecule has 0 saturated carbocycles. The minimum absolute atomic E-state index is 0.133. The maximum atomic E-state index is 11.6. The quantitative estimate of drug-likeness (QED) is 0.889. The number of aryl methyl sites for hydroxylation is 1. The Morgan fingerprint density at radius 3 is 2.94 bits per heavy atom. The maximum absolute atomic E-state index is 11.6. The number of nitrogens with zero attached hydrogens (tertiary/aromatic N) is 1. The summed E-state index contributed by atoms with van der Waals surface area (Å²) in [6.07, 6.45) is 4.03. The van der Waals surface area contributed by atoms with Crippen molar-refractivity contribution in [2.75, 3.05) is 11.4 Å². The molecule has 0 spiro atoms. The molecule has 0 saturated heterocycles. The molecule has 2 rings (SSSR count). The number of carbonyl (C=O) groups excluding carboxylic acids is 1. The van der Waals surface area contributed by atoms with Crippen LogP contribution >= 0.6 is 0 Å². The molecule has 0 fully saturated rings. The second kappa shape index (κ2) is 5.53. The normalized spacial score (nSPS) is 16.3. The topological polar surface area (TPSA) is 46.3 Å². The van der Waals surface area contributed by atoms with Gasteiger partial charge in [-0.15, -0.1) is 0 Å². The van der Waals surface area contributed by atoms with Gasteiger partial charge in [-0.3, -0.25) is 4.79 Å². The molecule has 18 heavy (non-hydrogen) atoms. The van der Waals surface area contributed by atoms with E-state index in [1.54, 1.807) is 6.92 Å². The number of hydrogen-bond acceptors (Lipinski definition) is 2. The third-order valence-corrected chi connectivity index (χ3v) is 3.66. The van der Waals surface area contributed by atoms with Gasteiger partial charge in [-0.2, -0.15) is 0 Å². The highest BCUT2D eigenvalue weighted by Crippen LogP contribution is 2.28. The first kappa shape index (κ1) is 13.1. The highest BCUT2D eigenvalue weighted by Gasteiger charge is 2.20. The molecule has 1 aromatic rings.